The minimum Gasteiger partial charge on any atom is -0.398 e. The summed E-state index contributed by atoms with van der Waals surface area (Å²) in [7, 11) is 0. The van der Waals surface area contributed by atoms with Gasteiger partial charge in [-0.15, -0.1) is 11.8 Å². The van der Waals surface area contributed by atoms with Crippen molar-refractivity contribution in [1.29, 1.82) is 0 Å². The third kappa shape index (κ3) is 4.47. The average molecular weight is 288 g/mol. The van der Waals surface area contributed by atoms with Gasteiger partial charge in [-0.25, -0.2) is 0 Å². The highest BCUT2D eigenvalue weighted by Crippen LogP contribution is 2.30. The van der Waals surface area contributed by atoms with Gasteiger partial charge in [-0.3, -0.25) is 0 Å². The van der Waals surface area contributed by atoms with Crippen molar-refractivity contribution in [3.63, 3.8) is 0 Å². The van der Waals surface area contributed by atoms with Crippen LogP contribution in [0.1, 0.15) is 26.7 Å². The van der Waals surface area contributed by atoms with Gasteiger partial charge in [-0.05, 0) is 24.1 Å². The summed E-state index contributed by atoms with van der Waals surface area (Å²) >= 11 is 5.32. The zero-order valence-electron chi connectivity index (χ0n) is 9.29. The molecule has 0 aliphatic carbocycles. The van der Waals surface area contributed by atoms with E-state index in [0.717, 1.165) is 21.8 Å². The second-order valence-electron chi connectivity index (χ2n) is 3.89. The third-order valence-electron chi connectivity index (χ3n) is 2.28. The van der Waals surface area contributed by atoms with E-state index < -0.39 is 0 Å². The Morgan fingerprint density at radius 3 is 2.87 bits per heavy atom. The van der Waals surface area contributed by atoms with Gasteiger partial charge in [0.2, 0.25) is 0 Å². The molecule has 1 aromatic carbocycles. The van der Waals surface area contributed by atoms with Crippen LogP contribution < -0.4 is 5.73 Å². The molecule has 2 N–H and O–H groups in total. The quantitative estimate of drug-likeness (QED) is 0.635. The van der Waals surface area contributed by atoms with Crippen LogP contribution in [-0.4, -0.2) is 5.75 Å². The van der Waals surface area contributed by atoms with Crippen molar-refractivity contribution in [3.8, 4) is 0 Å². The van der Waals surface area contributed by atoms with Gasteiger partial charge in [0.25, 0.3) is 0 Å². The second-order valence-corrected chi connectivity index (χ2v) is 5.86. The van der Waals surface area contributed by atoms with Gasteiger partial charge in [0.1, 0.15) is 0 Å². The first-order chi connectivity index (χ1) is 7.13. The molecular formula is C12H18BrNS. The van der Waals surface area contributed by atoms with Crippen molar-refractivity contribution < 1.29 is 0 Å². The summed E-state index contributed by atoms with van der Waals surface area (Å²) in [6.07, 6.45) is 2.55. The SMILES string of the molecule is CCCC(C)CSc1cc(Br)ccc1N. The maximum Gasteiger partial charge on any atom is 0.0453 e. The molecule has 1 atom stereocenters. The molecule has 0 aliphatic heterocycles. The molecule has 0 heterocycles. The molecule has 0 spiro atoms. The molecule has 0 aliphatic rings. The first kappa shape index (κ1) is 12.9. The fourth-order valence-electron chi connectivity index (χ4n) is 1.44. The molecule has 0 radical (unpaired) electrons. The monoisotopic (exact) mass is 287 g/mol. The molecule has 1 unspecified atom stereocenters. The highest BCUT2D eigenvalue weighted by Gasteiger charge is 2.05. The molecule has 0 bridgehead atoms. The maximum absolute atomic E-state index is 5.91. The van der Waals surface area contributed by atoms with E-state index in [1.54, 1.807) is 0 Å². The Labute approximate surface area is 105 Å². The summed E-state index contributed by atoms with van der Waals surface area (Å²) in [6.45, 7) is 4.53. The van der Waals surface area contributed by atoms with E-state index in [1.165, 1.54) is 17.7 Å². The molecule has 1 aromatic rings. The van der Waals surface area contributed by atoms with Crippen LogP contribution >= 0.6 is 27.7 Å². The number of halogens is 1. The van der Waals surface area contributed by atoms with Gasteiger partial charge in [-0.1, -0.05) is 42.6 Å². The van der Waals surface area contributed by atoms with E-state index in [2.05, 4.69) is 35.8 Å². The standard InChI is InChI=1S/C12H18BrNS/c1-3-4-9(2)8-15-12-7-10(13)5-6-11(12)14/h5-7,9H,3-4,8,14H2,1-2H3. The van der Waals surface area contributed by atoms with Crippen LogP contribution in [0.2, 0.25) is 0 Å². The van der Waals surface area contributed by atoms with E-state index in [-0.39, 0.29) is 0 Å². The molecule has 1 nitrogen and oxygen atoms in total. The average Bonchev–Trinajstić information content (AvgIpc) is 2.20. The van der Waals surface area contributed by atoms with Crippen molar-refractivity contribution in [3.05, 3.63) is 22.7 Å². The van der Waals surface area contributed by atoms with Crippen LogP contribution in [0.5, 0.6) is 0 Å². The lowest BCUT2D eigenvalue weighted by atomic mass is 10.1. The summed E-state index contributed by atoms with van der Waals surface area (Å²) in [4.78, 5) is 1.19. The Morgan fingerprint density at radius 2 is 2.20 bits per heavy atom. The third-order valence-corrected chi connectivity index (χ3v) is 4.17. The Hall–Kier alpha value is -0.150. The van der Waals surface area contributed by atoms with Crippen molar-refractivity contribution in [2.24, 2.45) is 5.92 Å². The maximum atomic E-state index is 5.91. The molecule has 0 fully saturated rings. The van der Waals surface area contributed by atoms with E-state index in [9.17, 15) is 0 Å². The lowest BCUT2D eigenvalue weighted by Crippen LogP contribution is -1.98. The minimum absolute atomic E-state index is 0.762. The van der Waals surface area contributed by atoms with Crippen LogP contribution in [0, 0.1) is 5.92 Å². The molecule has 0 aromatic heterocycles. The Balaban J connectivity index is 2.53. The molecule has 0 saturated carbocycles. The van der Waals surface area contributed by atoms with E-state index in [1.807, 2.05) is 23.9 Å². The Morgan fingerprint density at radius 1 is 1.47 bits per heavy atom. The minimum atomic E-state index is 0.762. The number of rotatable bonds is 5. The van der Waals surface area contributed by atoms with Gasteiger partial charge < -0.3 is 5.73 Å². The number of benzene rings is 1. The van der Waals surface area contributed by atoms with Gasteiger partial charge in [-0.2, -0.15) is 0 Å². The van der Waals surface area contributed by atoms with Gasteiger partial charge in [0.15, 0.2) is 0 Å². The van der Waals surface area contributed by atoms with Crippen molar-refractivity contribution >= 4 is 33.4 Å². The van der Waals surface area contributed by atoms with Gasteiger partial charge in [0, 0.05) is 20.8 Å². The number of nitrogen functional groups attached to an aromatic ring is 1. The van der Waals surface area contributed by atoms with Crippen molar-refractivity contribution in [1.82, 2.24) is 0 Å². The normalized spacial score (nSPS) is 12.7. The number of anilines is 1. The summed E-state index contributed by atoms with van der Waals surface area (Å²) < 4.78 is 1.10. The van der Waals surface area contributed by atoms with Crippen molar-refractivity contribution in [2.45, 2.75) is 31.6 Å². The second kappa shape index (κ2) is 6.44. The molecule has 84 valence electrons. The summed E-state index contributed by atoms with van der Waals surface area (Å²) in [5.74, 6) is 1.91. The van der Waals surface area contributed by atoms with Crippen LogP contribution in [0.4, 0.5) is 5.69 Å². The summed E-state index contributed by atoms with van der Waals surface area (Å²) in [5, 5.41) is 0. The highest BCUT2D eigenvalue weighted by molar-refractivity contribution is 9.10. The Kier molecular flexibility index (Phi) is 5.54. The van der Waals surface area contributed by atoms with Crippen LogP contribution in [0.15, 0.2) is 27.6 Å². The van der Waals surface area contributed by atoms with Crippen LogP contribution in [0.3, 0.4) is 0 Å². The smallest absolute Gasteiger partial charge is 0.0453 e. The van der Waals surface area contributed by atoms with Crippen LogP contribution in [0.25, 0.3) is 0 Å². The molecule has 0 saturated heterocycles. The predicted molar refractivity (Wildman–Crippen MR) is 73.4 cm³/mol. The summed E-state index contributed by atoms with van der Waals surface area (Å²) in [6, 6.07) is 6.03. The predicted octanol–water partition coefficient (Wildman–Crippen LogP) is 4.56. The van der Waals surface area contributed by atoms with Crippen LogP contribution in [-0.2, 0) is 0 Å². The number of hydrogen-bond acceptors (Lipinski definition) is 2. The molecule has 0 amide bonds. The van der Waals surface area contributed by atoms with E-state index in [0.29, 0.717) is 0 Å². The number of nitrogens with two attached hydrogens (primary N) is 1. The lowest BCUT2D eigenvalue weighted by Gasteiger charge is -2.11. The Bertz CT molecular complexity index is 314. The lowest BCUT2D eigenvalue weighted by molar-refractivity contribution is 0.585. The molecule has 1 rings (SSSR count). The zero-order valence-corrected chi connectivity index (χ0v) is 11.7. The summed E-state index contributed by atoms with van der Waals surface area (Å²) in [5.41, 5.74) is 6.79. The number of hydrogen-bond donors (Lipinski definition) is 1. The topological polar surface area (TPSA) is 26.0 Å². The fourth-order valence-corrected chi connectivity index (χ4v) is 3.03. The van der Waals surface area contributed by atoms with Gasteiger partial charge >= 0.3 is 0 Å². The largest absolute Gasteiger partial charge is 0.398 e. The zero-order chi connectivity index (χ0) is 11.3. The number of thioether (sulfide) groups is 1. The first-order valence-electron chi connectivity index (χ1n) is 5.31. The van der Waals surface area contributed by atoms with E-state index in [4.69, 9.17) is 5.73 Å². The van der Waals surface area contributed by atoms with Gasteiger partial charge in [0.05, 0.1) is 0 Å². The molecule has 3 heteroatoms. The first-order valence-corrected chi connectivity index (χ1v) is 7.09. The van der Waals surface area contributed by atoms with Crippen molar-refractivity contribution in [2.75, 3.05) is 11.5 Å². The van der Waals surface area contributed by atoms with E-state index >= 15 is 0 Å². The molecular weight excluding hydrogens is 270 g/mol. The molecule has 15 heavy (non-hydrogen) atoms. The highest BCUT2D eigenvalue weighted by atomic mass is 79.9. The fraction of sp³-hybridized carbons (Fsp3) is 0.500.